The SMILES string of the molecule is O=C(NN=C(c1ccccc1)c1ccccc1Br)c1cccc([NH+]([O-])O)c1. The Morgan fingerprint density at radius 3 is 2.33 bits per heavy atom. The first-order valence-corrected chi connectivity index (χ1v) is 8.87. The Labute approximate surface area is 164 Å². The Balaban J connectivity index is 1.94. The van der Waals surface area contributed by atoms with Gasteiger partial charge in [-0.3, -0.25) is 4.79 Å². The third-order valence-corrected chi connectivity index (χ3v) is 4.51. The van der Waals surface area contributed by atoms with Crippen LogP contribution < -0.4 is 10.7 Å². The zero-order valence-corrected chi connectivity index (χ0v) is 15.7. The molecule has 0 spiro atoms. The van der Waals surface area contributed by atoms with Crippen LogP contribution in [0.1, 0.15) is 21.5 Å². The Morgan fingerprint density at radius 2 is 1.63 bits per heavy atom. The van der Waals surface area contributed by atoms with Crippen LogP contribution >= 0.6 is 15.9 Å². The summed E-state index contributed by atoms with van der Waals surface area (Å²) in [6.45, 7) is 0. The van der Waals surface area contributed by atoms with Crippen LogP contribution in [0.2, 0.25) is 0 Å². The first kappa shape index (κ1) is 18.9. The second kappa shape index (κ2) is 8.70. The molecule has 3 N–H and O–H groups in total. The standard InChI is InChI=1S/C20H16BrN3O3/c21-18-12-5-4-11-17(18)19(14-7-2-1-3-8-14)22-23-20(25)15-9-6-10-16(13-15)24(26)27/h1-13,24,26H,(H,23,25). The molecule has 7 heteroatoms. The van der Waals surface area contributed by atoms with Gasteiger partial charge < -0.3 is 5.21 Å². The van der Waals surface area contributed by atoms with Crippen LogP contribution in [0.5, 0.6) is 0 Å². The van der Waals surface area contributed by atoms with Crippen molar-refractivity contribution in [2.45, 2.75) is 0 Å². The highest BCUT2D eigenvalue weighted by molar-refractivity contribution is 9.10. The summed E-state index contributed by atoms with van der Waals surface area (Å²) >= 11 is 3.51. The fourth-order valence-electron chi connectivity index (χ4n) is 2.49. The number of hydrogen-bond donors (Lipinski definition) is 3. The van der Waals surface area contributed by atoms with Crippen molar-refractivity contribution in [2.75, 3.05) is 0 Å². The zero-order valence-electron chi connectivity index (χ0n) is 14.1. The minimum Gasteiger partial charge on any atom is -0.595 e. The number of hydrogen-bond acceptors (Lipinski definition) is 4. The van der Waals surface area contributed by atoms with Gasteiger partial charge in [0.15, 0.2) is 5.69 Å². The van der Waals surface area contributed by atoms with Gasteiger partial charge in [-0.15, -0.1) is 0 Å². The van der Waals surface area contributed by atoms with Crippen LogP contribution in [0.3, 0.4) is 0 Å². The minimum atomic E-state index is -1.09. The highest BCUT2D eigenvalue weighted by Crippen LogP contribution is 2.20. The lowest BCUT2D eigenvalue weighted by Gasteiger charge is -2.12. The normalized spacial score (nSPS) is 12.5. The van der Waals surface area contributed by atoms with Crippen molar-refractivity contribution in [3.63, 3.8) is 0 Å². The topological polar surface area (TPSA) is 89.2 Å². The maximum Gasteiger partial charge on any atom is 0.271 e. The molecule has 3 aromatic rings. The van der Waals surface area contributed by atoms with Crippen LogP contribution in [0, 0.1) is 5.21 Å². The van der Waals surface area contributed by atoms with Gasteiger partial charge in [0, 0.05) is 33.3 Å². The molecule has 0 aliphatic carbocycles. The Hall–Kier alpha value is -2.84. The molecule has 0 aliphatic rings. The van der Waals surface area contributed by atoms with E-state index in [1.54, 1.807) is 0 Å². The van der Waals surface area contributed by atoms with Gasteiger partial charge in [-0.2, -0.15) is 10.3 Å². The molecule has 6 nitrogen and oxygen atoms in total. The fraction of sp³-hybridized carbons (Fsp3) is 0. The number of hydrazone groups is 1. The van der Waals surface area contributed by atoms with Gasteiger partial charge in [-0.25, -0.2) is 10.6 Å². The number of halogens is 1. The Bertz CT molecular complexity index is 975. The molecule has 0 aliphatic heterocycles. The molecule has 3 rings (SSSR count). The summed E-state index contributed by atoms with van der Waals surface area (Å²) in [5.41, 5.74) is 5.04. The predicted octanol–water partition coefficient (Wildman–Crippen LogP) is 3.03. The zero-order chi connectivity index (χ0) is 19.2. The molecule has 1 amide bonds. The van der Waals surface area contributed by atoms with E-state index in [0.29, 0.717) is 5.71 Å². The van der Waals surface area contributed by atoms with Gasteiger partial charge in [-0.05, 0) is 12.1 Å². The second-order valence-corrected chi connectivity index (χ2v) is 6.49. The van der Waals surface area contributed by atoms with E-state index in [4.69, 9.17) is 5.21 Å². The third-order valence-electron chi connectivity index (χ3n) is 3.82. The number of rotatable bonds is 5. The number of quaternary nitrogens is 1. The van der Waals surface area contributed by atoms with Crippen LogP contribution in [0.4, 0.5) is 5.69 Å². The highest BCUT2D eigenvalue weighted by atomic mass is 79.9. The maximum atomic E-state index is 12.4. The van der Waals surface area contributed by atoms with Crippen molar-refractivity contribution >= 4 is 33.2 Å². The van der Waals surface area contributed by atoms with Gasteiger partial charge in [0.2, 0.25) is 0 Å². The molecule has 3 aromatic carbocycles. The molecular weight excluding hydrogens is 410 g/mol. The molecule has 1 unspecified atom stereocenters. The molecule has 136 valence electrons. The number of benzene rings is 3. The van der Waals surface area contributed by atoms with E-state index in [1.165, 1.54) is 24.3 Å². The van der Waals surface area contributed by atoms with E-state index < -0.39 is 11.1 Å². The molecule has 0 fully saturated rings. The summed E-state index contributed by atoms with van der Waals surface area (Å²) in [7, 11) is 0. The van der Waals surface area contributed by atoms with Crippen molar-refractivity contribution in [2.24, 2.45) is 5.10 Å². The maximum absolute atomic E-state index is 12.4. The van der Waals surface area contributed by atoms with Gasteiger partial charge in [0.25, 0.3) is 5.91 Å². The van der Waals surface area contributed by atoms with Crippen molar-refractivity contribution < 1.29 is 15.2 Å². The first-order valence-electron chi connectivity index (χ1n) is 8.08. The lowest BCUT2D eigenvalue weighted by atomic mass is 10.0. The summed E-state index contributed by atoms with van der Waals surface area (Å²) in [5.74, 6) is -0.487. The minimum absolute atomic E-state index is 0.0423. The van der Waals surface area contributed by atoms with Crippen LogP contribution in [0.25, 0.3) is 0 Å². The van der Waals surface area contributed by atoms with Crippen LogP contribution in [0.15, 0.2) is 88.4 Å². The second-order valence-electron chi connectivity index (χ2n) is 5.63. The van der Waals surface area contributed by atoms with E-state index in [1.807, 2.05) is 54.6 Å². The number of carbonyl (C=O) groups excluding carboxylic acids is 1. The van der Waals surface area contributed by atoms with Crippen molar-refractivity contribution in [3.05, 3.63) is 105 Å². The average molecular weight is 426 g/mol. The Kier molecular flexibility index (Phi) is 6.10. The Morgan fingerprint density at radius 1 is 0.963 bits per heavy atom. The van der Waals surface area contributed by atoms with Crippen molar-refractivity contribution in [1.82, 2.24) is 5.43 Å². The smallest absolute Gasteiger partial charge is 0.271 e. The van der Waals surface area contributed by atoms with Crippen LogP contribution in [-0.2, 0) is 0 Å². The van der Waals surface area contributed by atoms with Crippen LogP contribution in [-0.4, -0.2) is 16.8 Å². The van der Waals surface area contributed by atoms with E-state index >= 15 is 0 Å². The van der Waals surface area contributed by atoms with Crippen molar-refractivity contribution in [1.29, 1.82) is 0 Å². The number of carbonyl (C=O) groups is 1. The highest BCUT2D eigenvalue weighted by Gasteiger charge is 2.13. The summed E-state index contributed by atoms with van der Waals surface area (Å²) in [5, 5.41) is 23.4. The number of nitrogens with one attached hydrogen (secondary N) is 2. The molecule has 0 saturated carbocycles. The van der Waals surface area contributed by atoms with Crippen molar-refractivity contribution in [3.8, 4) is 0 Å². The predicted molar refractivity (Wildman–Crippen MR) is 106 cm³/mol. The molecule has 0 heterocycles. The molecule has 0 aromatic heterocycles. The summed E-state index contributed by atoms with van der Waals surface area (Å²) in [4.78, 5) is 12.4. The molecule has 0 radical (unpaired) electrons. The molecule has 27 heavy (non-hydrogen) atoms. The lowest BCUT2D eigenvalue weighted by Crippen LogP contribution is -2.99. The molecule has 0 bridgehead atoms. The van der Waals surface area contributed by atoms with Gasteiger partial charge >= 0.3 is 0 Å². The van der Waals surface area contributed by atoms with E-state index in [-0.39, 0.29) is 11.3 Å². The molecule has 0 saturated heterocycles. The van der Waals surface area contributed by atoms with E-state index in [0.717, 1.165) is 15.6 Å². The van der Waals surface area contributed by atoms with Gasteiger partial charge in [-0.1, -0.05) is 70.5 Å². The van der Waals surface area contributed by atoms with Gasteiger partial charge in [0.05, 0.1) is 5.71 Å². The third kappa shape index (κ3) is 4.66. The van der Waals surface area contributed by atoms with E-state index in [9.17, 15) is 10.0 Å². The molecule has 1 atom stereocenters. The van der Waals surface area contributed by atoms with E-state index in [2.05, 4.69) is 26.5 Å². The molecular formula is C20H16BrN3O3. The quantitative estimate of drug-likeness (QED) is 0.433. The lowest BCUT2D eigenvalue weighted by molar-refractivity contribution is -0.991. The summed E-state index contributed by atoms with van der Waals surface area (Å²) < 4.78 is 0.842. The summed E-state index contributed by atoms with van der Waals surface area (Å²) in [6.07, 6.45) is 0. The first-order chi connectivity index (χ1) is 13.1. The summed E-state index contributed by atoms with van der Waals surface area (Å²) in [6, 6.07) is 22.8. The monoisotopic (exact) mass is 425 g/mol. The van der Waals surface area contributed by atoms with Gasteiger partial charge in [0.1, 0.15) is 0 Å². The average Bonchev–Trinajstić information content (AvgIpc) is 2.70. The number of amides is 1. The number of nitrogens with zero attached hydrogens (tertiary/aromatic N) is 1. The fourth-order valence-corrected chi connectivity index (χ4v) is 2.97. The largest absolute Gasteiger partial charge is 0.595 e.